The Kier molecular flexibility index (Phi) is 7.69. The smallest absolute Gasteiger partial charge is 0.246 e. The van der Waals surface area contributed by atoms with Crippen LogP contribution in [0.3, 0.4) is 0 Å². The molecule has 0 saturated carbocycles. The Morgan fingerprint density at radius 1 is 1.06 bits per heavy atom. The minimum atomic E-state index is -0.0143. The molecule has 3 aromatic rings. The third-order valence-corrected chi connectivity index (χ3v) is 5.87. The summed E-state index contributed by atoms with van der Waals surface area (Å²) in [4.78, 5) is 14.6. The molecule has 0 N–H and O–H groups in total. The number of rotatable bonds is 9. The van der Waals surface area contributed by atoms with Gasteiger partial charge in [0.15, 0.2) is 0 Å². The molecule has 0 bridgehead atoms. The maximum atomic E-state index is 12.8. The number of aryl methyl sites for hydroxylation is 1. The van der Waals surface area contributed by atoms with Crippen LogP contribution in [0.4, 0.5) is 0 Å². The number of hydrogen-bond acceptors (Lipinski definition) is 5. The fourth-order valence-corrected chi connectivity index (χ4v) is 4.06. The van der Waals surface area contributed by atoms with Gasteiger partial charge in [-0.2, -0.15) is 0 Å². The molecule has 0 unspecified atom stereocenters. The van der Waals surface area contributed by atoms with E-state index in [0.29, 0.717) is 19.7 Å². The van der Waals surface area contributed by atoms with E-state index in [2.05, 4.69) is 0 Å². The highest BCUT2D eigenvalue weighted by Crippen LogP contribution is 2.43. The average molecular weight is 452 g/mol. The molecule has 1 amide bonds. The Morgan fingerprint density at radius 2 is 1.79 bits per heavy atom. The first kappa shape index (κ1) is 24.2. The number of nitrogens with zero attached hydrogens (tertiary/aromatic N) is 1. The first-order valence-corrected chi connectivity index (χ1v) is 11.3. The summed E-state index contributed by atoms with van der Waals surface area (Å²) in [6.07, 6.45) is 3.41. The van der Waals surface area contributed by atoms with Crippen LogP contribution < -0.4 is 14.2 Å². The van der Waals surface area contributed by atoms with Crippen molar-refractivity contribution in [2.75, 3.05) is 33.9 Å². The molecular formula is C27H33NO5. The molecule has 0 atom stereocenters. The molecule has 0 spiro atoms. The van der Waals surface area contributed by atoms with E-state index in [9.17, 15) is 4.79 Å². The number of benzene rings is 2. The van der Waals surface area contributed by atoms with E-state index < -0.39 is 0 Å². The number of carbonyl (C=O) groups is 1. The lowest BCUT2D eigenvalue weighted by molar-refractivity contribution is -0.125. The van der Waals surface area contributed by atoms with Crippen LogP contribution in [0.2, 0.25) is 0 Å². The predicted molar refractivity (Wildman–Crippen MR) is 132 cm³/mol. The molecule has 3 rings (SSSR count). The molecule has 0 aliphatic heterocycles. The Morgan fingerprint density at radius 3 is 2.39 bits per heavy atom. The standard InChI is InChI=1S/C27H33NO5/c1-8-28(9-2)25(29)13-17(4)20-15-22-23(16-33-27(22)18(5)26(20)32-10-3)21-14-19(30-6)11-12-24(21)31-7/h11-16H,8-10H2,1-7H3/b17-13+. The molecule has 2 aromatic carbocycles. The van der Waals surface area contributed by atoms with Crippen molar-refractivity contribution >= 4 is 22.4 Å². The molecule has 0 aliphatic rings. The minimum absolute atomic E-state index is 0.0143. The van der Waals surface area contributed by atoms with Gasteiger partial charge in [-0.05, 0) is 64.5 Å². The van der Waals surface area contributed by atoms with Crippen LogP contribution in [0.15, 0.2) is 41.0 Å². The molecule has 6 heteroatoms. The van der Waals surface area contributed by atoms with Gasteiger partial charge in [0.2, 0.25) is 5.91 Å². The summed E-state index contributed by atoms with van der Waals surface area (Å²) in [5.74, 6) is 2.16. The van der Waals surface area contributed by atoms with Crippen LogP contribution in [0.5, 0.6) is 17.2 Å². The molecule has 176 valence electrons. The van der Waals surface area contributed by atoms with Gasteiger partial charge in [0, 0.05) is 46.8 Å². The second-order valence-electron chi connectivity index (χ2n) is 7.74. The van der Waals surface area contributed by atoms with Crippen molar-refractivity contribution in [3.05, 3.63) is 47.7 Å². The van der Waals surface area contributed by atoms with Gasteiger partial charge in [-0.1, -0.05) is 0 Å². The van der Waals surface area contributed by atoms with Gasteiger partial charge in [0.05, 0.1) is 27.1 Å². The fraction of sp³-hybridized carbons (Fsp3) is 0.370. The van der Waals surface area contributed by atoms with Crippen molar-refractivity contribution in [3.63, 3.8) is 0 Å². The third kappa shape index (κ3) is 4.70. The highest BCUT2D eigenvalue weighted by molar-refractivity contribution is 6.02. The topological polar surface area (TPSA) is 61.1 Å². The quantitative estimate of drug-likeness (QED) is 0.368. The van der Waals surface area contributed by atoms with Crippen molar-refractivity contribution in [2.45, 2.75) is 34.6 Å². The van der Waals surface area contributed by atoms with Gasteiger partial charge in [-0.15, -0.1) is 0 Å². The van der Waals surface area contributed by atoms with Gasteiger partial charge in [0.1, 0.15) is 22.8 Å². The van der Waals surface area contributed by atoms with Crippen molar-refractivity contribution in [2.24, 2.45) is 0 Å². The average Bonchev–Trinajstić information content (AvgIpc) is 3.25. The lowest BCUT2D eigenvalue weighted by atomic mass is 9.96. The zero-order valence-electron chi connectivity index (χ0n) is 20.6. The summed E-state index contributed by atoms with van der Waals surface area (Å²) < 4.78 is 23.1. The lowest BCUT2D eigenvalue weighted by Crippen LogP contribution is -2.28. The zero-order chi connectivity index (χ0) is 24.1. The number of allylic oxidation sites excluding steroid dienone is 1. The second kappa shape index (κ2) is 10.5. The number of amides is 1. The minimum Gasteiger partial charge on any atom is -0.497 e. The summed E-state index contributed by atoms with van der Waals surface area (Å²) in [5, 5.41) is 0.917. The van der Waals surface area contributed by atoms with Gasteiger partial charge in [-0.25, -0.2) is 0 Å². The van der Waals surface area contributed by atoms with Crippen LogP contribution in [0.1, 0.15) is 38.8 Å². The van der Waals surface area contributed by atoms with Crippen LogP contribution in [-0.2, 0) is 4.79 Å². The second-order valence-corrected chi connectivity index (χ2v) is 7.74. The lowest BCUT2D eigenvalue weighted by Gasteiger charge is -2.18. The third-order valence-electron chi connectivity index (χ3n) is 5.87. The van der Waals surface area contributed by atoms with E-state index in [1.807, 2.05) is 58.9 Å². The first-order chi connectivity index (χ1) is 15.9. The molecule has 33 heavy (non-hydrogen) atoms. The van der Waals surface area contributed by atoms with Gasteiger partial charge < -0.3 is 23.5 Å². The summed E-state index contributed by atoms with van der Waals surface area (Å²) in [6.45, 7) is 11.7. The van der Waals surface area contributed by atoms with E-state index in [4.69, 9.17) is 18.6 Å². The number of likely N-dealkylation sites (N-methyl/N-ethyl adjacent to an activating group) is 1. The Labute approximate surface area is 195 Å². The summed E-state index contributed by atoms with van der Waals surface area (Å²) in [5.41, 5.74) is 5.09. The molecule has 0 fully saturated rings. The molecule has 1 heterocycles. The number of fused-ring (bicyclic) bond motifs is 1. The van der Waals surface area contributed by atoms with Gasteiger partial charge >= 0.3 is 0 Å². The summed E-state index contributed by atoms with van der Waals surface area (Å²) in [7, 11) is 3.28. The van der Waals surface area contributed by atoms with Crippen LogP contribution in [0, 0.1) is 6.92 Å². The fourth-order valence-electron chi connectivity index (χ4n) is 4.06. The maximum Gasteiger partial charge on any atom is 0.246 e. The van der Waals surface area contributed by atoms with Crippen molar-refractivity contribution in [3.8, 4) is 28.4 Å². The Balaban J connectivity index is 2.25. The number of hydrogen-bond donors (Lipinski definition) is 0. The Bertz CT molecular complexity index is 1170. The molecular weight excluding hydrogens is 418 g/mol. The molecule has 0 aliphatic carbocycles. The van der Waals surface area contributed by atoms with Crippen molar-refractivity contribution < 1.29 is 23.4 Å². The maximum absolute atomic E-state index is 12.8. The number of methoxy groups -OCH3 is 2. The van der Waals surface area contributed by atoms with E-state index in [-0.39, 0.29) is 5.91 Å². The highest BCUT2D eigenvalue weighted by atomic mass is 16.5. The zero-order valence-corrected chi connectivity index (χ0v) is 20.6. The summed E-state index contributed by atoms with van der Waals surface area (Å²) in [6, 6.07) is 7.71. The number of ether oxygens (including phenoxy) is 3. The normalized spacial score (nSPS) is 11.5. The van der Waals surface area contributed by atoms with Crippen LogP contribution in [-0.4, -0.2) is 44.7 Å². The largest absolute Gasteiger partial charge is 0.497 e. The number of furan rings is 1. The van der Waals surface area contributed by atoms with E-state index in [1.54, 1.807) is 31.5 Å². The predicted octanol–water partition coefficient (Wildman–Crippen LogP) is 6.10. The molecule has 0 saturated heterocycles. The van der Waals surface area contributed by atoms with Gasteiger partial charge in [-0.3, -0.25) is 4.79 Å². The first-order valence-electron chi connectivity index (χ1n) is 11.3. The van der Waals surface area contributed by atoms with Gasteiger partial charge in [0.25, 0.3) is 0 Å². The molecule has 6 nitrogen and oxygen atoms in total. The van der Waals surface area contributed by atoms with E-state index >= 15 is 0 Å². The van der Waals surface area contributed by atoms with Crippen molar-refractivity contribution in [1.29, 1.82) is 0 Å². The summed E-state index contributed by atoms with van der Waals surface area (Å²) >= 11 is 0. The monoisotopic (exact) mass is 451 g/mol. The number of carbonyl (C=O) groups excluding carboxylic acids is 1. The van der Waals surface area contributed by atoms with Crippen molar-refractivity contribution in [1.82, 2.24) is 4.90 Å². The van der Waals surface area contributed by atoms with Crippen LogP contribution in [0.25, 0.3) is 27.7 Å². The highest BCUT2D eigenvalue weighted by Gasteiger charge is 2.21. The molecule has 1 aromatic heterocycles. The molecule has 0 radical (unpaired) electrons. The Hall–Kier alpha value is -3.41. The van der Waals surface area contributed by atoms with Crippen LogP contribution >= 0.6 is 0 Å². The van der Waals surface area contributed by atoms with E-state index in [0.717, 1.165) is 56.0 Å². The van der Waals surface area contributed by atoms with E-state index in [1.165, 1.54) is 0 Å². The SMILES string of the molecule is CCOc1c(/C(C)=C/C(=O)N(CC)CC)cc2c(-c3cc(OC)ccc3OC)coc2c1C.